The summed E-state index contributed by atoms with van der Waals surface area (Å²) in [5, 5.41) is 20.2. The minimum absolute atomic E-state index is 0.108. The summed E-state index contributed by atoms with van der Waals surface area (Å²) in [6.07, 6.45) is 4.39. The van der Waals surface area contributed by atoms with Crippen molar-refractivity contribution in [3.05, 3.63) is 34.9 Å². The Bertz CT molecular complexity index is 1090. The summed E-state index contributed by atoms with van der Waals surface area (Å²) in [6.45, 7) is 2.98. The van der Waals surface area contributed by atoms with Crippen molar-refractivity contribution in [2.24, 2.45) is 11.8 Å². The summed E-state index contributed by atoms with van der Waals surface area (Å²) in [5.41, 5.74) is -0.0910. The smallest absolute Gasteiger partial charge is 0.257 e. The number of rotatable bonds is 4. The SMILES string of the molecule is CCC1CC2CC(O)CCC2=[N+](C)C1c1ccc(C(=O)N2CCN(C(=O)C3(O)CC3)CC2)c(F)c1F. The second-order valence-electron chi connectivity index (χ2n) is 11.0. The van der Waals surface area contributed by atoms with Crippen LogP contribution < -0.4 is 0 Å². The number of hydrogen-bond donors (Lipinski definition) is 2. The Morgan fingerprint density at radius 3 is 2.39 bits per heavy atom. The molecule has 196 valence electrons. The second-order valence-corrected chi connectivity index (χ2v) is 11.0. The van der Waals surface area contributed by atoms with Crippen molar-refractivity contribution in [1.29, 1.82) is 0 Å². The number of aliphatic hydroxyl groups is 2. The van der Waals surface area contributed by atoms with E-state index in [1.54, 1.807) is 6.07 Å². The van der Waals surface area contributed by atoms with E-state index < -0.39 is 23.1 Å². The van der Waals surface area contributed by atoms with E-state index in [1.165, 1.54) is 21.6 Å². The van der Waals surface area contributed by atoms with Crippen LogP contribution in [-0.4, -0.2) is 87.0 Å². The van der Waals surface area contributed by atoms with Gasteiger partial charge in [-0.15, -0.1) is 0 Å². The molecule has 1 aromatic carbocycles. The number of fused-ring (bicyclic) bond motifs is 1. The molecule has 4 atom stereocenters. The van der Waals surface area contributed by atoms with Crippen LogP contribution in [0.4, 0.5) is 8.78 Å². The van der Waals surface area contributed by atoms with Gasteiger partial charge in [-0.1, -0.05) is 6.92 Å². The molecule has 0 radical (unpaired) electrons. The Balaban J connectivity index is 1.35. The number of aliphatic hydroxyl groups excluding tert-OH is 1. The van der Waals surface area contributed by atoms with Crippen molar-refractivity contribution in [3.63, 3.8) is 0 Å². The lowest BCUT2D eigenvalue weighted by Crippen LogP contribution is -2.53. The molecule has 0 bridgehead atoms. The van der Waals surface area contributed by atoms with Crippen LogP contribution in [0.1, 0.15) is 73.8 Å². The first-order valence-corrected chi connectivity index (χ1v) is 13.2. The number of halogens is 2. The Morgan fingerprint density at radius 1 is 1.08 bits per heavy atom. The molecule has 4 aliphatic rings. The van der Waals surface area contributed by atoms with Gasteiger partial charge in [0.1, 0.15) is 12.6 Å². The van der Waals surface area contributed by atoms with Crippen LogP contribution in [0.2, 0.25) is 0 Å². The van der Waals surface area contributed by atoms with Crippen LogP contribution >= 0.6 is 0 Å². The van der Waals surface area contributed by atoms with Crippen LogP contribution in [-0.2, 0) is 4.79 Å². The number of nitrogens with zero attached hydrogens (tertiary/aromatic N) is 3. The zero-order valence-corrected chi connectivity index (χ0v) is 21.1. The summed E-state index contributed by atoms with van der Waals surface area (Å²) in [4.78, 5) is 28.4. The van der Waals surface area contributed by atoms with Gasteiger partial charge in [0.05, 0.1) is 17.2 Å². The highest BCUT2D eigenvalue weighted by molar-refractivity contribution is 5.95. The van der Waals surface area contributed by atoms with E-state index in [1.807, 2.05) is 14.0 Å². The summed E-state index contributed by atoms with van der Waals surface area (Å²) < 4.78 is 33.0. The molecule has 2 heterocycles. The molecule has 2 amide bonds. The average Bonchev–Trinajstić information content (AvgIpc) is 3.63. The van der Waals surface area contributed by atoms with Crippen LogP contribution in [0.3, 0.4) is 0 Å². The molecule has 0 spiro atoms. The maximum absolute atomic E-state index is 15.5. The molecule has 7 nitrogen and oxygen atoms in total. The normalized spacial score (nSPS) is 29.7. The highest BCUT2D eigenvalue weighted by Gasteiger charge is 2.50. The van der Waals surface area contributed by atoms with E-state index in [2.05, 4.69) is 4.58 Å². The second kappa shape index (κ2) is 9.49. The van der Waals surface area contributed by atoms with Gasteiger partial charge in [-0.3, -0.25) is 9.59 Å². The molecule has 2 N–H and O–H groups in total. The molecular formula is C27H36F2N3O4+. The first-order valence-electron chi connectivity index (χ1n) is 13.2. The highest BCUT2D eigenvalue weighted by atomic mass is 19.2. The molecule has 0 aromatic heterocycles. The monoisotopic (exact) mass is 504 g/mol. The predicted octanol–water partition coefficient (Wildman–Crippen LogP) is 2.49. The molecule has 36 heavy (non-hydrogen) atoms. The van der Waals surface area contributed by atoms with E-state index in [-0.39, 0.29) is 67.2 Å². The molecule has 3 fully saturated rings. The number of piperazine rings is 1. The molecular weight excluding hydrogens is 468 g/mol. The summed E-state index contributed by atoms with van der Waals surface area (Å²) in [6, 6.07) is 2.62. The standard InChI is InChI=1S/C27H36F2N3O4/c1-3-16-14-17-15-18(33)4-7-21(17)30(2)24(16)19-5-6-20(23(29)22(19)28)25(34)31-10-12-32(13-11-31)26(35)27(36)8-9-27/h5-6,16-18,24,33,36H,3-4,7-15H2,1-2H3/q+1. The number of amides is 2. The van der Waals surface area contributed by atoms with Crippen molar-refractivity contribution < 1.29 is 33.2 Å². The maximum Gasteiger partial charge on any atom is 0.257 e. The van der Waals surface area contributed by atoms with Gasteiger partial charge in [0.2, 0.25) is 0 Å². The molecule has 1 aromatic rings. The van der Waals surface area contributed by atoms with Crippen molar-refractivity contribution in [1.82, 2.24) is 9.80 Å². The highest BCUT2D eigenvalue weighted by Crippen LogP contribution is 2.42. The average molecular weight is 505 g/mol. The number of hydrogen-bond acceptors (Lipinski definition) is 4. The molecule has 2 aliphatic heterocycles. The van der Waals surface area contributed by atoms with Gasteiger partial charge in [-0.25, -0.2) is 13.4 Å². The third-order valence-corrected chi connectivity index (χ3v) is 8.83. The minimum Gasteiger partial charge on any atom is -0.393 e. The lowest BCUT2D eigenvalue weighted by Gasteiger charge is -2.37. The van der Waals surface area contributed by atoms with Crippen molar-refractivity contribution in [3.8, 4) is 0 Å². The lowest BCUT2D eigenvalue weighted by atomic mass is 9.72. The molecule has 2 saturated carbocycles. The van der Waals surface area contributed by atoms with E-state index in [0.29, 0.717) is 25.7 Å². The Hall–Kier alpha value is -2.39. The fraction of sp³-hybridized carbons (Fsp3) is 0.667. The van der Waals surface area contributed by atoms with Crippen molar-refractivity contribution in [2.45, 2.75) is 69.6 Å². The minimum atomic E-state index is -1.25. The van der Waals surface area contributed by atoms with E-state index in [9.17, 15) is 19.8 Å². The van der Waals surface area contributed by atoms with Crippen LogP contribution in [0, 0.1) is 23.5 Å². The van der Waals surface area contributed by atoms with E-state index in [4.69, 9.17) is 0 Å². The maximum atomic E-state index is 15.5. The van der Waals surface area contributed by atoms with Gasteiger partial charge >= 0.3 is 0 Å². The van der Waals surface area contributed by atoms with Gasteiger partial charge in [-0.05, 0) is 50.7 Å². The lowest BCUT2D eigenvalue weighted by molar-refractivity contribution is -0.565. The summed E-state index contributed by atoms with van der Waals surface area (Å²) in [7, 11) is 1.93. The number of benzene rings is 1. The third kappa shape index (κ3) is 4.34. The summed E-state index contributed by atoms with van der Waals surface area (Å²) >= 11 is 0. The number of carbonyl (C=O) groups excluding carboxylic acids is 2. The van der Waals surface area contributed by atoms with Gasteiger partial charge in [0.15, 0.2) is 23.4 Å². The number of carbonyl (C=O) groups is 2. The van der Waals surface area contributed by atoms with Gasteiger partial charge in [-0.2, -0.15) is 0 Å². The molecule has 5 rings (SSSR count). The fourth-order valence-electron chi connectivity index (χ4n) is 6.51. The predicted molar refractivity (Wildman–Crippen MR) is 129 cm³/mol. The molecule has 1 saturated heterocycles. The third-order valence-electron chi connectivity index (χ3n) is 8.83. The van der Waals surface area contributed by atoms with E-state index in [0.717, 1.165) is 19.3 Å². The zero-order chi connectivity index (χ0) is 25.8. The van der Waals surface area contributed by atoms with Gasteiger partial charge in [0.25, 0.3) is 11.8 Å². The molecule has 2 aliphatic carbocycles. The summed E-state index contributed by atoms with van der Waals surface area (Å²) in [5.74, 6) is -2.63. The van der Waals surface area contributed by atoms with Crippen LogP contribution in [0.5, 0.6) is 0 Å². The quantitative estimate of drug-likeness (QED) is 0.618. The first kappa shape index (κ1) is 25.3. The zero-order valence-electron chi connectivity index (χ0n) is 21.1. The van der Waals surface area contributed by atoms with Crippen molar-refractivity contribution in [2.75, 3.05) is 33.2 Å². The topological polar surface area (TPSA) is 84.1 Å². The first-order chi connectivity index (χ1) is 17.1. The Kier molecular flexibility index (Phi) is 6.66. The van der Waals surface area contributed by atoms with Gasteiger partial charge < -0.3 is 20.0 Å². The Labute approximate surface area is 210 Å². The molecule has 4 unspecified atom stereocenters. The molecule has 9 heteroatoms. The fourth-order valence-corrected chi connectivity index (χ4v) is 6.51. The van der Waals surface area contributed by atoms with Crippen LogP contribution in [0.25, 0.3) is 0 Å². The van der Waals surface area contributed by atoms with E-state index >= 15 is 8.78 Å². The van der Waals surface area contributed by atoms with Crippen molar-refractivity contribution >= 4 is 17.5 Å². The Morgan fingerprint density at radius 2 is 1.75 bits per heavy atom. The largest absolute Gasteiger partial charge is 0.393 e. The van der Waals surface area contributed by atoms with Crippen LogP contribution in [0.15, 0.2) is 12.1 Å². The van der Waals surface area contributed by atoms with Gasteiger partial charge in [0, 0.05) is 44.4 Å².